The second-order valence-electron chi connectivity index (χ2n) is 6.84. The van der Waals surface area contributed by atoms with Crippen LogP contribution in [0.25, 0.3) is 0 Å². The Morgan fingerprint density at radius 2 is 2.25 bits per heavy atom. The first kappa shape index (κ1) is 18.6. The highest BCUT2D eigenvalue weighted by molar-refractivity contribution is 5.96. The highest BCUT2D eigenvalue weighted by Crippen LogP contribution is 2.37. The van der Waals surface area contributed by atoms with Crippen molar-refractivity contribution < 1.29 is 14.3 Å². The van der Waals surface area contributed by atoms with Crippen LogP contribution >= 0.6 is 0 Å². The molecule has 2 aliphatic rings. The van der Waals surface area contributed by atoms with Gasteiger partial charge in [-0.15, -0.1) is 0 Å². The van der Waals surface area contributed by atoms with E-state index in [1.54, 1.807) is 6.26 Å². The molecule has 0 bridgehead atoms. The Morgan fingerprint density at radius 3 is 2.96 bits per heavy atom. The van der Waals surface area contributed by atoms with E-state index in [0.717, 1.165) is 37.0 Å². The van der Waals surface area contributed by atoms with E-state index in [4.69, 9.17) is 9.47 Å². The third kappa shape index (κ3) is 4.86. The summed E-state index contributed by atoms with van der Waals surface area (Å²) in [6.07, 6.45) is 12.3. The van der Waals surface area contributed by atoms with Crippen molar-refractivity contribution in [3.05, 3.63) is 47.0 Å². The van der Waals surface area contributed by atoms with Gasteiger partial charge in [0.1, 0.15) is 11.9 Å². The van der Waals surface area contributed by atoms with Gasteiger partial charge in [-0.2, -0.15) is 0 Å². The summed E-state index contributed by atoms with van der Waals surface area (Å²) in [5.74, 6) is 1.35. The van der Waals surface area contributed by atoms with Gasteiger partial charge in [0, 0.05) is 24.3 Å². The maximum absolute atomic E-state index is 12.7. The van der Waals surface area contributed by atoms with Crippen LogP contribution in [0, 0.1) is 5.92 Å². The Kier molecular flexibility index (Phi) is 6.89. The first-order valence-electron chi connectivity index (χ1n) is 9.09. The largest absolute Gasteiger partial charge is 0.498 e. The molecule has 3 heteroatoms. The predicted molar refractivity (Wildman–Crippen MR) is 97.4 cm³/mol. The average Bonchev–Trinajstić information content (AvgIpc) is 2.55. The van der Waals surface area contributed by atoms with Gasteiger partial charge in [0.15, 0.2) is 5.78 Å². The number of rotatable bonds is 7. The molecule has 0 saturated heterocycles. The summed E-state index contributed by atoms with van der Waals surface area (Å²) < 4.78 is 11.7. The molecule has 0 spiro atoms. The van der Waals surface area contributed by atoms with Crippen molar-refractivity contribution in [2.24, 2.45) is 5.92 Å². The molecule has 0 aromatic heterocycles. The monoisotopic (exact) mass is 330 g/mol. The number of Topliss-reactive ketones (excluding diaryl/α,β-unsaturated/α-hetero) is 1. The first-order chi connectivity index (χ1) is 11.5. The topological polar surface area (TPSA) is 35.5 Å². The molecule has 0 radical (unpaired) electrons. The van der Waals surface area contributed by atoms with Crippen LogP contribution in [0.15, 0.2) is 47.0 Å². The summed E-state index contributed by atoms with van der Waals surface area (Å²) in [7, 11) is 0. The van der Waals surface area contributed by atoms with Crippen LogP contribution in [0.5, 0.6) is 0 Å². The third-order valence-corrected chi connectivity index (χ3v) is 4.37. The molecule has 1 aliphatic heterocycles. The Labute approximate surface area is 146 Å². The van der Waals surface area contributed by atoms with Crippen molar-refractivity contribution in [1.29, 1.82) is 0 Å². The fourth-order valence-electron chi connectivity index (χ4n) is 3.31. The molecule has 2 atom stereocenters. The minimum atomic E-state index is -0.0328. The van der Waals surface area contributed by atoms with E-state index in [9.17, 15) is 4.79 Å². The second-order valence-corrected chi connectivity index (χ2v) is 6.84. The molecule has 0 saturated carbocycles. The summed E-state index contributed by atoms with van der Waals surface area (Å²) in [6.45, 7) is 8.82. The number of carbonyl (C=O) groups is 1. The molecule has 24 heavy (non-hydrogen) atoms. The van der Waals surface area contributed by atoms with Crippen molar-refractivity contribution in [2.45, 2.75) is 65.9 Å². The van der Waals surface area contributed by atoms with Gasteiger partial charge in [-0.3, -0.25) is 4.79 Å². The van der Waals surface area contributed by atoms with Gasteiger partial charge in [-0.25, -0.2) is 0 Å². The van der Waals surface area contributed by atoms with E-state index in [2.05, 4.69) is 32.1 Å². The number of carbonyl (C=O) groups excluding carboxylic acids is 1. The molecular formula is C21H30O3. The minimum Gasteiger partial charge on any atom is -0.498 e. The minimum absolute atomic E-state index is 0.0328. The van der Waals surface area contributed by atoms with E-state index in [0.29, 0.717) is 13.0 Å². The lowest BCUT2D eigenvalue weighted by atomic mass is 9.81. The van der Waals surface area contributed by atoms with Gasteiger partial charge in [0.05, 0.1) is 12.9 Å². The Balaban J connectivity index is 2.27. The zero-order chi connectivity index (χ0) is 17.5. The molecule has 132 valence electrons. The van der Waals surface area contributed by atoms with Crippen LogP contribution in [0.2, 0.25) is 0 Å². The quantitative estimate of drug-likeness (QED) is 0.363. The van der Waals surface area contributed by atoms with Crippen LogP contribution in [0.3, 0.4) is 0 Å². The maximum atomic E-state index is 12.7. The van der Waals surface area contributed by atoms with E-state index in [1.807, 2.05) is 13.8 Å². The summed E-state index contributed by atoms with van der Waals surface area (Å²) in [5.41, 5.74) is 3.18. The standard InChI is InChI=1S/C21H30O3/c1-5-8-20(22)19(14-24-16(4)13-15(2)3)17-11-12-23-21-10-7-6-9-18(17)21/h6,9,13-14,16-17H,5,7-8,10-12H2,1-4H3/b19-14+. The molecule has 0 N–H and O–H groups in total. The highest BCUT2D eigenvalue weighted by Gasteiger charge is 2.30. The molecule has 0 aromatic rings. The Hall–Kier alpha value is -1.77. The molecule has 0 fully saturated rings. The van der Waals surface area contributed by atoms with Crippen molar-refractivity contribution >= 4 is 5.78 Å². The van der Waals surface area contributed by atoms with E-state index in [1.165, 1.54) is 11.1 Å². The molecule has 2 unspecified atom stereocenters. The fourth-order valence-corrected chi connectivity index (χ4v) is 3.31. The van der Waals surface area contributed by atoms with Crippen molar-refractivity contribution in [1.82, 2.24) is 0 Å². The van der Waals surface area contributed by atoms with Crippen LogP contribution in [0.4, 0.5) is 0 Å². The third-order valence-electron chi connectivity index (χ3n) is 4.37. The molecule has 0 amide bonds. The number of ketones is 1. The molecule has 2 rings (SSSR count). The van der Waals surface area contributed by atoms with Gasteiger partial charge in [-0.1, -0.05) is 24.6 Å². The molecular weight excluding hydrogens is 300 g/mol. The number of hydrogen-bond donors (Lipinski definition) is 0. The lowest BCUT2D eigenvalue weighted by molar-refractivity contribution is -0.116. The molecule has 1 heterocycles. The van der Waals surface area contributed by atoms with E-state index in [-0.39, 0.29) is 17.8 Å². The summed E-state index contributed by atoms with van der Waals surface area (Å²) >= 11 is 0. The SMILES string of the molecule is CCCC(=O)/C(=C/OC(C)C=C(C)C)C1CCOC2=C1C=CCC2. The van der Waals surface area contributed by atoms with Gasteiger partial charge in [0.2, 0.25) is 0 Å². The Bertz CT molecular complexity index is 574. The Morgan fingerprint density at radius 1 is 1.46 bits per heavy atom. The van der Waals surface area contributed by atoms with Crippen molar-refractivity contribution in [2.75, 3.05) is 6.61 Å². The number of hydrogen-bond acceptors (Lipinski definition) is 3. The zero-order valence-electron chi connectivity index (χ0n) is 15.4. The fraction of sp³-hybridized carbons (Fsp3) is 0.571. The summed E-state index contributed by atoms with van der Waals surface area (Å²) in [4.78, 5) is 12.7. The first-order valence-corrected chi connectivity index (χ1v) is 9.09. The summed E-state index contributed by atoms with van der Waals surface area (Å²) in [5, 5.41) is 0. The van der Waals surface area contributed by atoms with Gasteiger partial charge in [-0.05, 0) is 51.7 Å². The van der Waals surface area contributed by atoms with E-state index >= 15 is 0 Å². The van der Waals surface area contributed by atoms with Gasteiger partial charge >= 0.3 is 0 Å². The number of ether oxygens (including phenoxy) is 2. The second kappa shape index (κ2) is 8.91. The van der Waals surface area contributed by atoms with Gasteiger partial charge in [0.25, 0.3) is 0 Å². The maximum Gasteiger partial charge on any atom is 0.162 e. The number of allylic oxidation sites excluding steroid dienone is 6. The average molecular weight is 330 g/mol. The predicted octanol–water partition coefficient (Wildman–Crippen LogP) is 5.25. The van der Waals surface area contributed by atoms with Crippen LogP contribution < -0.4 is 0 Å². The lowest BCUT2D eigenvalue weighted by Crippen LogP contribution is -2.24. The van der Waals surface area contributed by atoms with Crippen LogP contribution in [-0.2, 0) is 14.3 Å². The molecule has 1 aliphatic carbocycles. The van der Waals surface area contributed by atoms with E-state index < -0.39 is 0 Å². The molecule has 3 nitrogen and oxygen atoms in total. The van der Waals surface area contributed by atoms with Crippen molar-refractivity contribution in [3.8, 4) is 0 Å². The zero-order valence-corrected chi connectivity index (χ0v) is 15.4. The van der Waals surface area contributed by atoms with Crippen LogP contribution in [-0.4, -0.2) is 18.5 Å². The van der Waals surface area contributed by atoms with Gasteiger partial charge < -0.3 is 9.47 Å². The summed E-state index contributed by atoms with van der Waals surface area (Å²) in [6, 6.07) is 0. The van der Waals surface area contributed by atoms with Crippen LogP contribution in [0.1, 0.15) is 59.8 Å². The highest BCUT2D eigenvalue weighted by atomic mass is 16.5. The van der Waals surface area contributed by atoms with Crippen molar-refractivity contribution in [3.63, 3.8) is 0 Å². The molecule has 0 aromatic carbocycles. The smallest absolute Gasteiger partial charge is 0.162 e. The lowest BCUT2D eigenvalue weighted by Gasteiger charge is -2.30. The normalized spacial score (nSPS) is 21.7.